The molecule has 0 aliphatic rings. The van der Waals surface area contributed by atoms with E-state index in [1.807, 2.05) is 12.1 Å². The third-order valence-electron chi connectivity index (χ3n) is 2.15. The molecule has 0 fully saturated rings. The summed E-state index contributed by atoms with van der Waals surface area (Å²) in [7, 11) is 0. The summed E-state index contributed by atoms with van der Waals surface area (Å²) in [5, 5.41) is 11.9. The topological polar surface area (TPSA) is 41.8 Å². The molecule has 2 aromatic rings. The maximum atomic E-state index is 8.38. The molecule has 0 spiro atoms. The lowest BCUT2D eigenvalue weighted by Crippen LogP contribution is -1.86. The lowest BCUT2D eigenvalue weighted by molar-refractivity contribution is 0.322. The minimum Gasteiger partial charge on any atom is -0.456 e. The van der Waals surface area contributed by atoms with Crippen molar-refractivity contribution in [3.05, 3.63) is 59.1 Å². The second-order valence-electron chi connectivity index (χ2n) is 3.35. The number of hydrogen-bond acceptors (Lipinski definition) is 3. The third kappa shape index (κ3) is 2.98. The molecule has 3 nitrogen and oxygen atoms in total. The van der Waals surface area contributed by atoms with Crippen molar-refractivity contribution in [1.29, 1.82) is 0 Å². The number of ether oxygens (including phenoxy) is 1. The van der Waals surface area contributed by atoms with Crippen molar-refractivity contribution in [2.24, 2.45) is 5.16 Å². The number of halogens is 1. The van der Waals surface area contributed by atoms with Crippen molar-refractivity contribution in [2.45, 2.75) is 0 Å². The van der Waals surface area contributed by atoms with Gasteiger partial charge in [-0.25, -0.2) is 0 Å². The van der Waals surface area contributed by atoms with Crippen molar-refractivity contribution in [3.63, 3.8) is 0 Å². The summed E-state index contributed by atoms with van der Waals surface area (Å²) < 4.78 is 5.60. The highest BCUT2D eigenvalue weighted by atomic mass is 35.5. The van der Waals surface area contributed by atoms with Crippen LogP contribution in [0.3, 0.4) is 0 Å². The standard InChI is InChI=1S/C13H10ClNO2/c14-12-3-1-2-4-13(12)17-11-7-5-10(6-8-11)9-15-16/h1-9,16H/b15-9+. The van der Waals surface area contributed by atoms with Gasteiger partial charge in [0.2, 0.25) is 0 Å². The number of rotatable bonds is 3. The molecule has 0 radical (unpaired) electrons. The number of nitrogens with zero attached hydrogens (tertiary/aromatic N) is 1. The number of hydrogen-bond donors (Lipinski definition) is 1. The van der Waals surface area contributed by atoms with Crippen LogP contribution < -0.4 is 4.74 Å². The molecule has 0 bridgehead atoms. The first-order valence-electron chi connectivity index (χ1n) is 4.99. The fraction of sp³-hybridized carbons (Fsp3) is 0. The predicted octanol–water partition coefficient (Wildman–Crippen LogP) is 3.94. The zero-order chi connectivity index (χ0) is 12.1. The van der Waals surface area contributed by atoms with Crippen LogP contribution in [0, 0.1) is 0 Å². The SMILES string of the molecule is O/N=C/c1ccc(Oc2ccccc2Cl)cc1. The molecule has 0 aliphatic heterocycles. The molecule has 86 valence electrons. The summed E-state index contributed by atoms with van der Waals surface area (Å²) in [5.74, 6) is 1.28. The molecule has 0 heterocycles. The molecule has 1 N–H and O–H groups in total. The predicted molar refractivity (Wildman–Crippen MR) is 67.3 cm³/mol. The number of para-hydroxylation sites is 1. The van der Waals surface area contributed by atoms with E-state index in [1.54, 1.807) is 36.4 Å². The Kier molecular flexibility index (Phi) is 3.62. The summed E-state index contributed by atoms with van der Waals surface area (Å²) in [6.45, 7) is 0. The Morgan fingerprint density at radius 2 is 1.76 bits per heavy atom. The minimum atomic E-state index is 0.563. The Morgan fingerprint density at radius 3 is 2.41 bits per heavy atom. The van der Waals surface area contributed by atoms with E-state index in [1.165, 1.54) is 6.21 Å². The molecule has 2 aromatic carbocycles. The Balaban J connectivity index is 2.17. The van der Waals surface area contributed by atoms with Crippen molar-refractivity contribution >= 4 is 17.8 Å². The normalized spacial score (nSPS) is 10.6. The molecule has 0 amide bonds. The van der Waals surface area contributed by atoms with Gasteiger partial charge in [0.05, 0.1) is 11.2 Å². The smallest absolute Gasteiger partial charge is 0.146 e. The van der Waals surface area contributed by atoms with Gasteiger partial charge in [0.25, 0.3) is 0 Å². The van der Waals surface area contributed by atoms with Crippen LogP contribution in [0.2, 0.25) is 5.02 Å². The van der Waals surface area contributed by atoms with Gasteiger partial charge in [0, 0.05) is 0 Å². The van der Waals surface area contributed by atoms with Gasteiger partial charge < -0.3 is 9.94 Å². The zero-order valence-electron chi connectivity index (χ0n) is 8.88. The molecular weight excluding hydrogens is 238 g/mol. The third-order valence-corrected chi connectivity index (χ3v) is 2.46. The van der Waals surface area contributed by atoms with E-state index in [9.17, 15) is 0 Å². The maximum Gasteiger partial charge on any atom is 0.146 e. The van der Waals surface area contributed by atoms with Crippen LogP contribution in [0.5, 0.6) is 11.5 Å². The summed E-state index contributed by atoms with van der Waals surface area (Å²) in [4.78, 5) is 0. The lowest BCUT2D eigenvalue weighted by atomic mass is 10.2. The van der Waals surface area contributed by atoms with Crippen LogP contribution in [-0.4, -0.2) is 11.4 Å². The largest absolute Gasteiger partial charge is 0.456 e. The highest BCUT2D eigenvalue weighted by Gasteiger charge is 2.01. The average Bonchev–Trinajstić information content (AvgIpc) is 2.35. The molecule has 0 aliphatic carbocycles. The van der Waals surface area contributed by atoms with Crippen LogP contribution in [0.4, 0.5) is 0 Å². The fourth-order valence-corrected chi connectivity index (χ4v) is 1.52. The highest BCUT2D eigenvalue weighted by Crippen LogP contribution is 2.28. The molecule has 0 saturated carbocycles. The van der Waals surface area contributed by atoms with Gasteiger partial charge in [-0.15, -0.1) is 0 Å². The molecule has 2 rings (SSSR count). The Bertz CT molecular complexity index is 523. The van der Waals surface area contributed by atoms with Crippen LogP contribution >= 0.6 is 11.6 Å². The highest BCUT2D eigenvalue weighted by molar-refractivity contribution is 6.32. The molecule has 0 saturated heterocycles. The Hall–Kier alpha value is -2.00. The van der Waals surface area contributed by atoms with Gasteiger partial charge in [-0.3, -0.25) is 0 Å². The van der Waals surface area contributed by atoms with Crippen LogP contribution in [0.25, 0.3) is 0 Å². The van der Waals surface area contributed by atoms with Crippen LogP contribution in [-0.2, 0) is 0 Å². The summed E-state index contributed by atoms with van der Waals surface area (Å²) in [6.07, 6.45) is 1.35. The first-order valence-corrected chi connectivity index (χ1v) is 5.37. The van der Waals surface area contributed by atoms with E-state index < -0.39 is 0 Å². The van der Waals surface area contributed by atoms with Crippen molar-refractivity contribution in [1.82, 2.24) is 0 Å². The first-order chi connectivity index (χ1) is 8.29. The number of benzene rings is 2. The van der Waals surface area contributed by atoms with Gasteiger partial charge in [-0.1, -0.05) is 28.9 Å². The summed E-state index contributed by atoms with van der Waals surface area (Å²) in [5.41, 5.74) is 0.791. The average molecular weight is 248 g/mol. The van der Waals surface area contributed by atoms with Crippen LogP contribution in [0.15, 0.2) is 53.7 Å². The Labute approximate surface area is 104 Å². The quantitative estimate of drug-likeness (QED) is 0.507. The van der Waals surface area contributed by atoms with Gasteiger partial charge in [0.15, 0.2) is 0 Å². The molecule has 0 aromatic heterocycles. The zero-order valence-corrected chi connectivity index (χ0v) is 9.63. The van der Waals surface area contributed by atoms with Gasteiger partial charge in [-0.05, 0) is 42.0 Å². The van der Waals surface area contributed by atoms with E-state index in [2.05, 4.69) is 5.16 Å². The van der Waals surface area contributed by atoms with Crippen LogP contribution in [0.1, 0.15) is 5.56 Å². The maximum absolute atomic E-state index is 8.38. The summed E-state index contributed by atoms with van der Waals surface area (Å²) >= 11 is 5.98. The monoisotopic (exact) mass is 247 g/mol. The van der Waals surface area contributed by atoms with Crippen molar-refractivity contribution in [3.8, 4) is 11.5 Å². The van der Waals surface area contributed by atoms with Crippen molar-refractivity contribution < 1.29 is 9.94 Å². The van der Waals surface area contributed by atoms with Gasteiger partial charge >= 0.3 is 0 Å². The molecule has 17 heavy (non-hydrogen) atoms. The second kappa shape index (κ2) is 5.37. The molecule has 4 heteroatoms. The van der Waals surface area contributed by atoms with Gasteiger partial charge in [-0.2, -0.15) is 0 Å². The van der Waals surface area contributed by atoms with Gasteiger partial charge in [0.1, 0.15) is 11.5 Å². The number of oxime groups is 1. The van der Waals surface area contributed by atoms with E-state index in [4.69, 9.17) is 21.5 Å². The molecular formula is C13H10ClNO2. The van der Waals surface area contributed by atoms with E-state index >= 15 is 0 Å². The van der Waals surface area contributed by atoms with E-state index in [0.717, 1.165) is 5.56 Å². The summed E-state index contributed by atoms with van der Waals surface area (Å²) in [6, 6.07) is 14.4. The fourth-order valence-electron chi connectivity index (χ4n) is 1.34. The van der Waals surface area contributed by atoms with Crippen molar-refractivity contribution in [2.75, 3.05) is 0 Å². The Morgan fingerprint density at radius 1 is 1.06 bits per heavy atom. The lowest BCUT2D eigenvalue weighted by Gasteiger charge is -2.07. The van der Waals surface area contributed by atoms with E-state index in [-0.39, 0.29) is 0 Å². The first kappa shape index (κ1) is 11.5. The molecule has 0 unspecified atom stereocenters. The minimum absolute atomic E-state index is 0.563. The second-order valence-corrected chi connectivity index (χ2v) is 3.75. The molecule has 0 atom stereocenters. The van der Waals surface area contributed by atoms with E-state index in [0.29, 0.717) is 16.5 Å².